The third kappa shape index (κ3) is 5.04. The lowest BCUT2D eigenvalue weighted by molar-refractivity contribution is 1.07. The molecule has 0 N–H and O–H groups in total. The third-order valence-corrected chi connectivity index (χ3v) is 9.24. The highest BCUT2D eigenvalue weighted by Crippen LogP contribution is 2.37. The van der Waals surface area contributed by atoms with Crippen molar-refractivity contribution < 1.29 is 11.0 Å². The molecule has 2 heterocycles. The number of aromatic nitrogens is 4. The number of rotatable bonds is 5. The maximum absolute atomic E-state index is 9.17. The van der Waals surface area contributed by atoms with Gasteiger partial charge in [-0.1, -0.05) is 145 Å². The molecule has 0 unspecified atom stereocenters. The van der Waals surface area contributed by atoms with Crippen molar-refractivity contribution in [3.63, 3.8) is 0 Å². The van der Waals surface area contributed by atoms with Gasteiger partial charge in [-0.15, -0.1) is 0 Å². The van der Waals surface area contributed by atoms with Crippen molar-refractivity contribution >= 4 is 43.4 Å². The van der Waals surface area contributed by atoms with E-state index in [0.717, 1.165) is 38.2 Å². The van der Waals surface area contributed by atoms with Crippen LogP contribution in [0.4, 0.5) is 0 Å². The normalized spacial score (nSPS) is 13.7. The first-order valence-electron chi connectivity index (χ1n) is 20.5. The molecule has 0 amide bonds. The molecule has 238 valence electrons. The van der Waals surface area contributed by atoms with Crippen LogP contribution in [-0.2, 0) is 0 Å². The fraction of sp³-hybridized carbons (Fsp3) is 0. The van der Waals surface area contributed by atoms with E-state index in [2.05, 4.69) is 36.4 Å². The average molecular weight is 659 g/mol. The first-order valence-corrected chi connectivity index (χ1v) is 16.5. The second-order valence-electron chi connectivity index (χ2n) is 12.3. The molecule has 0 radical (unpaired) electrons. The quantitative estimate of drug-likeness (QED) is 0.173. The maximum Gasteiger partial charge on any atom is 0.164 e. The topological polar surface area (TPSA) is 43.6 Å². The van der Waals surface area contributed by atoms with Crippen LogP contribution >= 0.6 is 0 Å². The molecule has 0 saturated carbocycles. The van der Waals surface area contributed by atoms with Gasteiger partial charge in [-0.2, -0.15) is 0 Å². The summed E-state index contributed by atoms with van der Waals surface area (Å²) in [7, 11) is 0. The zero-order valence-electron chi connectivity index (χ0n) is 35.0. The predicted molar refractivity (Wildman–Crippen MR) is 211 cm³/mol. The smallest absolute Gasteiger partial charge is 0.164 e. The Bertz CT molecular complexity index is 3230. The van der Waals surface area contributed by atoms with Crippen LogP contribution in [0.1, 0.15) is 11.0 Å². The van der Waals surface area contributed by atoms with Crippen LogP contribution < -0.4 is 0 Å². The molecule has 51 heavy (non-hydrogen) atoms. The molecule has 0 aliphatic heterocycles. The van der Waals surface area contributed by atoms with E-state index in [0.29, 0.717) is 34.3 Å². The van der Waals surface area contributed by atoms with Crippen LogP contribution in [0.15, 0.2) is 182 Å². The van der Waals surface area contributed by atoms with Gasteiger partial charge < -0.3 is 4.57 Å². The molecule has 0 aliphatic carbocycles. The Labute approximate surface area is 306 Å². The largest absolute Gasteiger partial charge is 0.309 e. The predicted octanol–water partition coefficient (Wildman–Crippen LogP) is 11.9. The molecular weight excluding hydrogens is 621 g/mol. The molecule has 10 aromatic rings. The van der Waals surface area contributed by atoms with Crippen molar-refractivity contribution in [1.29, 1.82) is 0 Å². The second kappa shape index (κ2) is 11.9. The van der Waals surface area contributed by atoms with Gasteiger partial charge >= 0.3 is 0 Å². The summed E-state index contributed by atoms with van der Waals surface area (Å²) < 4.78 is 72.3. The molecule has 0 atom stereocenters. The molecule has 8 aromatic carbocycles. The van der Waals surface area contributed by atoms with Crippen molar-refractivity contribution in [3.8, 4) is 51.0 Å². The molecule has 0 bridgehead atoms. The lowest BCUT2D eigenvalue weighted by atomic mass is 9.96. The number of nitrogens with zero attached hydrogens (tertiary/aromatic N) is 4. The Morgan fingerprint density at radius 1 is 0.373 bits per heavy atom. The maximum atomic E-state index is 9.17. The second-order valence-corrected chi connectivity index (χ2v) is 12.3. The van der Waals surface area contributed by atoms with Crippen molar-refractivity contribution in [2.75, 3.05) is 0 Å². The molecule has 0 spiro atoms. The van der Waals surface area contributed by atoms with Crippen LogP contribution in [-0.4, -0.2) is 19.5 Å². The van der Waals surface area contributed by atoms with Crippen molar-refractivity contribution in [3.05, 3.63) is 182 Å². The Kier molecular flexibility index (Phi) is 5.12. The first kappa shape index (κ1) is 21.9. The SMILES string of the molecule is [2H]c1c([2H])c([2H])c2c(c1[2H])c1c([2H])c([2H])c([2H])c([2H])c1n2-c1cc(-c2ccc3c(ccc4ccccc43)c2)cc(-c2nc(-c3ccccc3)nc(-c3ccccc3)n2)c1. The molecule has 4 nitrogen and oxygen atoms in total. The summed E-state index contributed by atoms with van der Waals surface area (Å²) >= 11 is 0. The summed E-state index contributed by atoms with van der Waals surface area (Å²) in [4.78, 5) is 14.9. The highest BCUT2D eigenvalue weighted by molar-refractivity contribution is 6.10. The van der Waals surface area contributed by atoms with Gasteiger partial charge in [0.1, 0.15) is 0 Å². The van der Waals surface area contributed by atoms with E-state index in [1.54, 1.807) is 6.07 Å². The van der Waals surface area contributed by atoms with E-state index >= 15 is 0 Å². The number of para-hydroxylation sites is 2. The van der Waals surface area contributed by atoms with E-state index in [1.165, 1.54) is 4.57 Å². The molecule has 4 heteroatoms. The van der Waals surface area contributed by atoms with Gasteiger partial charge in [0.05, 0.1) is 22.0 Å². The summed E-state index contributed by atoms with van der Waals surface area (Å²) in [5, 5.41) is 4.32. The van der Waals surface area contributed by atoms with Crippen LogP contribution in [0.25, 0.3) is 94.3 Å². The summed E-state index contributed by atoms with van der Waals surface area (Å²) in [5.74, 6) is 1.22. The van der Waals surface area contributed by atoms with E-state index in [4.69, 9.17) is 23.2 Å². The number of benzene rings is 8. The van der Waals surface area contributed by atoms with Gasteiger partial charge in [0, 0.05) is 33.2 Å². The third-order valence-electron chi connectivity index (χ3n) is 9.24. The average Bonchev–Trinajstić information content (AvgIpc) is 3.65. The fourth-order valence-corrected chi connectivity index (χ4v) is 6.85. The molecule has 2 aromatic heterocycles. The molecule has 0 saturated heterocycles. The zero-order chi connectivity index (χ0) is 40.7. The van der Waals surface area contributed by atoms with E-state index in [-0.39, 0.29) is 33.9 Å². The minimum Gasteiger partial charge on any atom is -0.309 e. The lowest BCUT2D eigenvalue weighted by Gasteiger charge is -2.15. The highest BCUT2D eigenvalue weighted by atomic mass is 15.0. The van der Waals surface area contributed by atoms with Crippen LogP contribution in [0.2, 0.25) is 0 Å². The van der Waals surface area contributed by atoms with Gasteiger partial charge in [0.25, 0.3) is 0 Å². The Balaban J connectivity index is 1.33. The minimum absolute atomic E-state index is 0.000394. The van der Waals surface area contributed by atoms with Crippen LogP contribution in [0.3, 0.4) is 0 Å². The summed E-state index contributed by atoms with van der Waals surface area (Å²) in [6.45, 7) is 0. The molecule has 10 rings (SSSR count). The van der Waals surface area contributed by atoms with Crippen molar-refractivity contribution in [2.45, 2.75) is 0 Å². The first-order chi connectivity index (χ1) is 28.6. The van der Waals surface area contributed by atoms with Gasteiger partial charge in [-0.3, -0.25) is 0 Å². The van der Waals surface area contributed by atoms with E-state index in [1.807, 2.05) is 91.0 Å². The lowest BCUT2D eigenvalue weighted by Crippen LogP contribution is -2.01. The Morgan fingerprint density at radius 3 is 1.57 bits per heavy atom. The summed E-state index contributed by atoms with van der Waals surface area (Å²) in [6.07, 6.45) is 0. The fourth-order valence-electron chi connectivity index (χ4n) is 6.85. The van der Waals surface area contributed by atoms with Gasteiger partial charge in [0.2, 0.25) is 0 Å². The molecular formula is C47H30N4. The molecule has 0 aliphatic rings. The van der Waals surface area contributed by atoms with Gasteiger partial charge in [-0.05, 0) is 69.0 Å². The zero-order valence-corrected chi connectivity index (χ0v) is 27.0. The number of hydrogen-bond donors (Lipinski definition) is 0. The van der Waals surface area contributed by atoms with E-state index < -0.39 is 36.3 Å². The van der Waals surface area contributed by atoms with Crippen LogP contribution in [0, 0.1) is 0 Å². The van der Waals surface area contributed by atoms with Crippen molar-refractivity contribution in [2.24, 2.45) is 0 Å². The standard InChI is InChI=1S/C47H30N4/c1-3-14-32(15-4-1)45-48-46(33-16-5-2-6-17-33)50-47(49-45)37-28-36(34-25-26-40-35(27-34)24-23-31-13-7-8-18-39(31)40)29-38(30-37)51-43-21-11-9-19-41(43)42-20-10-12-22-44(42)51/h1-30H/i9D,10D,11D,12D,19D,20D,21D,22D. The monoisotopic (exact) mass is 658 g/mol. The molecule has 0 fully saturated rings. The number of fused-ring (bicyclic) bond motifs is 6. The Morgan fingerprint density at radius 2 is 0.902 bits per heavy atom. The summed E-state index contributed by atoms with van der Waals surface area (Å²) in [6, 6.07) is 39.8. The van der Waals surface area contributed by atoms with Crippen LogP contribution in [0.5, 0.6) is 0 Å². The van der Waals surface area contributed by atoms with Gasteiger partial charge in [0.15, 0.2) is 17.5 Å². The summed E-state index contributed by atoms with van der Waals surface area (Å²) in [5.41, 5.74) is 4.09. The minimum atomic E-state index is -0.501. The number of hydrogen-bond acceptors (Lipinski definition) is 3. The van der Waals surface area contributed by atoms with Crippen molar-refractivity contribution in [1.82, 2.24) is 19.5 Å². The van der Waals surface area contributed by atoms with E-state index in [9.17, 15) is 2.74 Å². The highest BCUT2D eigenvalue weighted by Gasteiger charge is 2.17. The Hall–Kier alpha value is -6.91. The van der Waals surface area contributed by atoms with Gasteiger partial charge in [-0.25, -0.2) is 15.0 Å².